The summed E-state index contributed by atoms with van der Waals surface area (Å²) in [6.45, 7) is 0.117. The van der Waals surface area contributed by atoms with Crippen LogP contribution in [0.2, 0.25) is 5.15 Å². The molecule has 98 valence electrons. The lowest BCUT2D eigenvalue weighted by Crippen LogP contribution is -2.22. The zero-order valence-corrected chi connectivity index (χ0v) is 11.8. The van der Waals surface area contributed by atoms with E-state index >= 15 is 0 Å². The molecular weight excluding hydrogens is 337 g/mol. The number of aromatic nitrogens is 2. The van der Waals surface area contributed by atoms with Crippen LogP contribution in [-0.2, 0) is 6.54 Å². The predicted octanol–water partition coefficient (Wildman–Crippen LogP) is 2.62. The van der Waals surface area contributed by atoms with E-state index in [2.05, 4.69) is 20.9 Å². The van der Waals surface area contributed by atoms with Gasteiger partial charge in [-0.1, -0.05) is 17.7 Å². The van der Waals surface area contributed by atoms with Crippen molar-refractivity contribution in [3.05, 3.63) is 66.3 Å². The van der Waals surface area contributed by atoms with Crippen molar-refractivity contribution in [1.29, 1.82) is 0 Å². The van der Waals surface area contributed by atoms with Gasteiger partial charge in [-0.15, -0.1) is 0 Å². The summed E-state index contributed by atoms with van der Waals surface area (Å²) in [6.07, 6.45) is 3.00. The SMILES string of the molecule is O=c1c([N+](=O)[O-])cc(Br)cn1Cc1cccnc1Cl. The summed E-state index contributed by atoms with van der Waals surface area (Å²) in [5, 5.41) is 11.0. The van der Waals surface area contributed by atoms with Crippen LogP contribution in [0.1, 0.15) is 5.56 Å². The lowest BCUT2D eigenvalue weighted by Gasteiger charge is -2.07. The summed E-state index contributed by atoms with van der Waals surface area (Å²) in [7, 11) is 0. The van der Waals surface area contributed by atoms with E-state index in [4.69, 9.17) is 11.6 Å². The van der Waals surface area contributed by atoms with E-state index in [1.807, 2.05) is 0 Å². The summed E-state index contributed by atoms with van der Waals surface area (Å²) >= 11 is 9.03. The summed E-state index contributed by atoms with van der Waals surface area (Å²) in [5.41, 5.74) is -0.568. The van der Waals surface area contributed by atoms with Crippen LogP contribution in [0.4, 0.5) is 5.69 Å². The van der Waals surface area contributed by atoms with Crippen molar-refractivity contribution in [2.75, 3.05) is 0 Å². The maximum Gasteiger partial charge on any atom is 0.335 e. The zero-order chi connectivity index (χ0) is 14.0. The van der Waals surface area contributed by atoms with Gasteiger partial charge in [0.2, 0.25) is 0 Å². The third-order valence-corrected chi connectivity index (χ3v) is 3.18. The van der Waals surface area contributed by atoms with Gasteiger partial charge in [0.15, 0.2) is 0 Å². The largest absolute Gasteiger partial charge is 0.335 e. The summed E-state index contributed by atoms with van der Waals surface area (Å²) in [6, 6.07) is 4.55. The maximum atomic E-state index is 11.9. The van der Waals surface area contributed by atoms with Gasteiger partial charge in [-0.3, -0.25) is 14.9 Å². The first-order chi connectivity index (χ1) is 8.99. The molecule has 0 bridgehead atoms. The Labute approximate surface area is 120 Å². The van der Waals surface area contributed by atoms with Crippen LogP contribution in [0.15, 0.2) is 39.9 Å². The summed E-state index contributed by atoms with van der Waals surface area (Å²) in [4.78, 5) is 25.9. The van der Waals surface area contributed by atoms with Crippen molar-refractivity contribution in [3.8, 4) is 0 Å². The second-order valence-electron chi connectivity index (χ2n) is 3.69. The normalized spacial score (nSPS) is 10.4. The van der Waals surface area contributed by atoms with Gasteiger partial charge in [0.1, 0.15) is 5.15 Å². The topological polar surface area (TPSA) is 78.0 Å². The Kier molecular flexibility index (Phi) is 3.96. The summed E-state index contributed by atoms with van der Waals surface area (Å²) in [5.74, 6) is 0. The monoisotopic (exact) mass is 343 g/mol. The number of pyridine rings is 2. The van der Waals surface area contributed by atoms with E-state index in [9.17, 15) is 14.9 Å². The first kappa shape index (κ1) is 13.7. The Balaban J connectivity index is 2.50. The summed E-state index contributed by atoms with van der Waals surface area (Å²) < 4.78 is 1.66. The van der Waals surface area contributed by atoms with Crippen LogP contribution in [0.25, 0.3) is 0 Å². The molecule has 0 atom stereocenters. The molecule has 19 heavy (non-hydrogen) atoms. The van der Waals surface area contributed by atoms with E-state index < -0.39 is 16.2 Å². The Morgan fingerprint density at radius 1 is 1.53 bits per heavy atom. The van der Waals surface area contributed by atoms with Gasteiger partial charge >= 0.3 is 11.2 Å². The lowest BCUT2D eigenvalue weighted by molar-refractivity contribution is -0.386. The third-order valence-electron chi connectivity index (χ3n) is 2.41. The van der Waals surface area contributed by atoms with Gasteiger partial charge in [-0.25, -0.2) is 4.98 Å². The molecule has 2 rings (SSSR count). The molecule has 8 heteroatoms. The minimum atomic E-state index is -0.714. The van der Waals surface area contributed by atoms with Crippen molar-refractivity contribution < 1.29 is 4.92 Å². The fraction of sp³-hybridized carbons (Fsp3) is 0.0909. The number of hydrogen-bond acceptors (Lipinski definition) is 4. The third kappa shape index (κ3) is 2.99. The molecule has 0 saturated heterocycles. The molecule has 0 aliphatic rings. The molecule has 2 heterocycles. The highest BCUT2D eigenvalue weighted by molar-refractivity contribution is 9.10. The Morgan fingerprint density at radius 2 is 2.26 bits per heavy atom. The molecule has 0 N–H and O–H groups in total. The second-order valence-corrected chi connectivity index (χ2v) is 4.96. The molecule has 0 aromatic carbocycles. The van der Waals surface area contributed by atoms with Gasteiger partial charge < -0.3 is 4.57 Å². The molecule has 0 fully saturated rings. The molecule has 0 aliphatic heterocycles. The minimum Gasteiger partial charge on any atom is -0.304 e. The van der Waals surface area contributed by atoms with Crippen molar-refractivity contribution >= 4 is 33.2 Å². The first-order valence-electron chi connectivity index (χ1n) is 5.13. The number of nitro groups is 1. The van der Waals surface area contributed by atoms with Crippen molar-refractivity contribution in [1.82, 2.24) is 9.55 Å². The Hall–Kier alpha value is -1.73. The van der Waals surface area contributed by atoms with Crippen molar-refractivity contribution in [2.45, 2.75) is 6.54 Å². The molecule has 2 aromatic rings. The van der Waals surface area contributed by atoms with Gasteiger partial charge in [-0.05, 0) is 22.0 Å². The molecule has 0 amide bonds. The van der Waals surface area contributed by atoms with E-state index in [0.717, 1.165) is 0 Å². The van der Waals surface area contributed by atoms with Gasteiger partial charge in [0.25, 0.3) is 0 Å². The van der Waals surface area contributed by atoms with Crippen LogP contribution in [0, 0.1) is 10.1 Å². The minimum absolute atomic E-state index is 0.117. The Morgan fingerprint density at radius 3 is 2.89 bits per heavy atom. The second kappa shape index (κ2) is 5.50. The van der Waals surface area contributed by atoms with Gasteiger partial charge in [0, 0.05) is 28.5 Å². The van der Waals surface area contributed by atoms with Gasteiger partial charge in [-0.2, -0.15) is 0 Å². The van der Waals surface area contributed by atoms with Crippen LogP contribution in [-0.4, -0.2) is 14.5 Å². The van der Waals surface area contributed by atoms with E-state index in [1.165, 1.54) is 23.0 Å². The molecule has 0 unspecified atom stereocenters. The van der Waals surface area contributed by atoms with Crippen molar-refractivity contribution in [2.24, 2.45) is 0 Å². The number of hydrogen-bond donors (Lipinski definition) is 0. The smallest absolute Gasteiger partial charge is 0.304 e. The van der Waals surface area contributed by atoms with Crippen LogP contribution in [0.3, 0.4) is 0 Å². The quantitative estimate of drug-likeness (QED) is 0.487. The standard InChI is InChI=1S/C11H7BrClN3O3/c12-8-4-9(16(18)19)11(17)15(6-8)5-7-2-1-3-14-10(7)13/h1-4,6H,5H2. The highest BCUT2D eigenvalue weighted by Gasteiger charge is 2.16. The fourth-order valence-corrected chi connectivity index (χ4v) is 2.20. The average molecular weight is 345 g/mol. The van der Waals surface area contributed by atoms with E-state index in [0.29, 0.717) is 10.0 Å². The first-order valence-corrected chi connectivity index (χ1v) is 6.30. The number of halogens is 2. The van der Waals surface area contributed by atoms with Crippen molar-refractivity contribution in [3.63, 3.8) is 0 Å². The molecule has 0 radical (unpaired) electrons. The zero-order valence-electron chi connectivity index (χ0n) is 9.42. The van der Waals surface area contributed by atoms with Crippen LogP contribution < -0.4 is 5.56 Å². The average Bonchev–Trinajstić information content (AvgIpc) is 2.35. The van der Waals surface area contributed by atoms with Gasteiger partial charge in [0.05, 0.1) is 11.5 Å². The van der Waals surface area contributed by atoms with E-state index in [1.54, 1.807) is 12.1 Å². The Bertz CT molecular complexity index is 702. The molecule has 0 saturated carbocycles. The number of nitrogens with zero attached hydrogens (tertiary/aromatic N) is 3. The highest BCUT2D eigenvalue weighted by atomic mass is 79.9. The van der Waals surface area contributed by atoms with E-state index in [-0.39, 0.29) is 11.7 Å². The predicted molar refractivity (Wildman–Crippen MR) is 73.4 cm³/mol. The fourth-order valence-electron chi connectivity index (χ4n) is 1.55. The maximum absolute atomic E-state index is 11.9. The molecular formula is C11H7BrClN3O3. The van der Waals surface area contributed by atoms with Crippen LogP contribution in [0.5, 0.6) is 0 Å². The highest BCUT2D eigenvalue weighted by Crippen LogP contribution is 2.17. The lowest BCUT2D eigenvalue weighted by atomic mass is 10.3. The van der Waals surface area contributed by atoms with Crippen LogP contribution >= 0.6 is 27.5 Å². The molecule has 0 aliphatic carbocycles. The molecule has 6 nitrogen and oxygen atoms in total. The molecule has 0 spiro atoms. The molecule has 2 aromatic heterocycles. The number of rotatable bonds is 3.